The van der Waals surface area contributed by atoms with Crippen LogP contribution in [-0.2, 0) is 25.8 Å². The van der Waals surface area contributed by atoms with Gasteiger partial charge in [-0.15, -0.1) is 10.2 Å². The van der Waals surface area contributed by atoms with E-state index in [2.05, 4.69) is 26.9 Å². The molecule has 0 spiro atoms. The van der Waals surface area contributed by atoms with Crippen molar-refractivity contribution in [2.24, 2.45) is 0 Å². The van der Waals surface area contributed by atoms with Crippen LogP contribution in [0.25, 0.3) is 0 Å². The van der Waals surface area contributed by atoms with Crippen LogP contribution in [-0.4, -0.2) is 26.3 Å². The van der Waals surface area contributed by atoms with Gasteiger partial charge >= 0.3 is 0 Å². The van der Waals surface area contributed by atoms with Crippen LogP contribution in [0.3, 0.4) is 0 Å². The zero-order valence-electron chi connectivity index (χ0n) is 14.0. The van der Waals surface area contributed by atoms with Crippen molar-refractivity contribution in [2.75, 3.05) is 5.75 Å². The minimum absolute atomic E-state index is 0.194. The molecule has 0 saturated heterocycles. The molecule has 2 aromatic rings. The lowest BCUT2D eigenvalue weighted by molar-refractivity contribution is 0.102. The third-order valence-electron chi connectivity index (χ3n) is 5.08. The van der Waals surface area contributed by atoms with Crippen molar-refractivity contribution < 1.29 is 4.79 Å². The average Bonchev–Trinajstić information content (AvgIpc) is 2.85. The highest BCUT2D eigenvalue weighted by Gasteiger charge is 2.17. The fraction of sp³-hybridized carbons (Fsp3) is 0.526. The van der Waals surface area contributed by atoms with E-state index in [1.807, 2.05) is 6.07 Å². The van der Waals surface area contributed by atoms with Gasteiger partial charge in [0.25, 0.3) is 0 Å². The summed E-state index contributed by atoms with van der Waals surface area (Å²) in [7, 11) is 0. The van der Waals surface area contributed by atoms with E-state index in [1.54, 1.807) is 0 Å². The number of Topliss-reactive ketones (excluding diaryl/α,β-unsaturated/α-hetero) is 1. The number of nitrogens with zero attached hydrogens (tertiary/aromatic N) is 3. The first kappa shape index (κ1) is 15.9. The van der Waals surface area contributed by atoms with E-state index in [0.29, 0.717) is 5.75 Å². The standard InChI is InChI=1S/C19H23N3OS/c23-17(16-10-9-14-6-3-4-7-15(14)12-16)13-24-19-21-20-18-8-2-1-5-11-22(18)19/h9-10,12H,1-8,11,13H2. The SMILES string of the molecule is O=C(CSc1nnc2n1CCCCC2)c1ccc2c(c1)CCCC2. The molecule has 0 saturated carbocycles. The molecule has 1 aromatic carbocycles. The molecule has 0 bridgehead atoms. The van der Waals surface area contributed by atoms with E-state index in [-0.39, 0.29) is 5.78 Å². The first-order chi connectivity index (χ1) is 11.8. The maximum atomic E-state index is 12.6. The van der Waals surface area contributed by atoms with Crippen LogP contribution in [0.2, 0.25) is 0 Å². The van der Waals surface area contributed by atoms with Gasteiger partial charge in [0.1, 0.15) is 5.82 Å². The molecule has 126 valence electrons. The number of hydrogen-bond acceptors (Lipinski definition) is 4. The highest BCUT2D eigenvalue weighted by atomic mass is 32.2. The molecule has 24 heavy (non-hydrogen) atoms. The average molecular weight is 341 g/mol. The van der Waals surface area contributed by atoms with Gasteiger partial charge in [-0.3, -0.25) is 4.79 Å². The zero-order valence-corrected chi connectivity index (χ0v) is 14.8. The summed E-state index contributed by atoms with van der Waals surface area (Å²) in [5.74, 6) is 1.72. The topological polar surface area (TPSA) is 47.8 Å². The Kier molecular flexibility index (Phi) is 4.69. The van der Waals surface area contributed by atoms with Crippen molar-refractivity contribution in [3.05, 3.63) is 40.7 Å². The van der Waals surface area contributed by atoms with Crippen molar-refractivity contribution in [1.82, 2.24) is 14.8 Å². The molecule has 2 heterocycles. The van der Waals surface area contributed by atoms with E-state index in [4.69, 9.17) is 0 Å². The van der Waals surface area contributed by atoms with Crippen LogP contribution < -0.4 is 0 Å². The summed E-state index contributed by atoms with van der Waals surface area (Å²) in [4.78, 5) is 12.6. The molecule has 0 fully saturated rings. The van der Waals surface area contributed by atoms with Gasteiger partial charge in [0, 0.05) is 18.5 Å². The molecule has 0 N–H and O–H groups in total. The Labute approximate surface area is 147 Å². The van der Waals surface area contributed by atoms with Gasteiger partial charge in [0.2, 0.25) is 0 Å². The molecule has 4 nitrogen and oxygen atoms in total. The number of carbonyl (C=O) groups is 1. The Morgan fingerprint density at radius 1 is 1.00 bits per heavy atom. The molecule has 0 unspecified atom stereocenters. The van der Waals surface area contributed by atoms with E-state index in [0.717, 1.165) is 42.4 Å². The Balaban J connectivity index is 1.44. The third-order valence-corrected chi connectivity index (χ3v) is 6.05. The molecule has 1 aliphatic carbocycles. The van der Waals surface area contributed by atoms with Crippen LogP contribution in [0.4, 0.5) is 0 Å². The number of rotatable bonds is 4. The molecule has 4 rings (SSSR count). The number of thioether (sulfide) groups is 1. The molecule has 1 aliphatic heterocycles. The Bertz CT molecular complexity index is 753. The summed E-state index contributed by atoms with van der Waals surface area (Å²) in [6, 6.07) is 6.26. The monoisotopic (exact) mass is 341 g/mol. The van der Waals surface area contributed by atoms with E-state index < -0.39 is 0 Å². The van der Waals surface area contributed by atoms with E-state index in [1.165, 1.54) is 55.0 Å². The van der Waals surface area contributed by atoms with Crippen molar-refractivity contribution in [3.63, 3.8) is 0 Å². The number of ketones is 1. The third kappa shape index (κ3) is 3.27. The van der Waals surface area contributed by atoms with E-state index >= 15 is 0 Å². The molecular formula is C19H23N3OS. The van der Waals surface area contributed by atoms with Crippen LogP contribution in [0.5, 0.6) is 0 Å². The second kappa shape index (κ2) is 7.09. The zero-order chi connectivity index (χ0) is 16.4. The fourth-order valence-corrected chi connectivity index (χ4v) is 4.56. The second-order valence-electron chi connectivity index (χ2n) is 6.76. The molecule has 0 atom stereocenters. The smallest absolute Gasteiger partial charge is 0.191 e. The van der Waals surface area contributed by atoms with Gasteiger partial charge in [0.05, 0.1) is 5.75 Å². The summed E-state index contributed by atoms with van der Waals surface area (Å²) in [6.45, 7) is 0.984. The van der Waals surface area contributed by atoms with Gasteiger partial charge in [0.15, 0.2) is 10.9 Å². The minimum Gasteiger partial charge on any atom is -0.306 e. The largest absolute Gasteiger partial charge is 0.306 e. The second-order valence-corrected chi connectivity index (χ2v) is 7.71. The number of aryl methyl sites for hydroxylation is 3. The summed E-state index contributed by atoms with van der Waals surface area (Å²) in [5.41, 5.74) is 3.64. The van der Waals surface area contributed by atoms with Crippen LogP contribution in [0, 0.1) is 0 Å². The summed E-state index contributed by atoms with van der Waals surface area (Å²) in [6.07, 6.45) is 9.41. The highest BCUT2D eigenvalue weighted by molar-refractivity contribution is 7.99. The maximum absolute atomic E-state index is 12.6. The van der Waals surface area contributed by atoms with Gasteiger partial charge in [-0.05, 0) is 55.7 Å². The molecule has 2 aliphatic rings. The lowest BCUT2D eigenvalue weighted by Crippen LogP contribution is -2.09. The van der Waals surface area contributed by atoms with E-state index in [9.17, 15) is 4.79 Å². The number of hydrogen-bond donors (Lipinski definition) is 0. The van der Waals surface area contributed by atoms with Crippen molar-refractivity contribution in [2.45, 2.75) is 63.1 Å². The molecule has 0 radical (unpaired) electrons. The predicted molar refractivity (Wildman–Crippen MR) is 95.7 cm³/mol. The van der Waals surface area contributed by atoms with Gasteiger partial charge in [-0.2, -0.15) is 0 Å². The first-order valence-corrected chi connectivity index (χ1v) is 10.00. The Hall–Kier alpha value is -1.62. The normalized spacial score (nSPS) is 17.0. The minimum atomic E-state index is 0.194. The lowest BCUT2D eigenvalue weighted by atomic mass is 9.90. The van der Waals surface area contributed by atoms with Crippen molar-refractivity contribution in [3.8, 4) is 0 Å². The van der Waals surface area contributed by atoms with Gasteiger partial charge in [-0.1, -0.05) is 30.3 Å². The predicted octanol–water partition coefficient (Wildman–Crippen LogP) is 3.86. The number of aromatic nitrogens is 3. The molecule has 0 amide bonds. The first-order valence-electron chi connectivity index (χ1n) is 9.01. The van der Waals surface area contributed by atoms with Crippen molar-refractivity contribution >= 4 is 17.5 Å². The number of fused-ring (bicyclic) bond motifs is 2. The quantitative estimate of drug-likeness (QED) is 0.626. The fourth-order valence-electron chi connectivity index (χ4n) is 3.69. The highest BCUT2D eigenvalue weighted by Crippen LogP contribution is 2.25. The van der Waals surface area contributed by atoms with Gasteiger partial charge in [-0.25, -0.2) is 0 Å². The summed E-state index contributed by atoms with van der Waals surface area (Å²) >= 11 is 1.53. The summed E-state index contributed by atoms with van der Waals surface area (Å²) in [5, 5.41) is 9.51. The number of benzene rings is 1. The molecular weight excluding hydrogens is 318 g/mol. The van der Waals surface area contributed by atoms with Crippen LogP contribution in [0.1, 0.15) is 59.4 Å². The Morgan fingerprint density at radius 2 is 1.83 bits per heavy atom. The molecule has 1 aromatic heterocycles. The maximum Gasteiger partial charge on any atom is 0.191 e. The Morgan fingerprint density at radius 3 is 2.75 bits per heavy atom. The number of carbonyl (C=O) groups excluding carboxylic acids is 1. The van der Waals surface area contributed by atoms with Gasteiger partial charge < -0.3 is 4.57 Å². The van der Waals surface area contributed by atoms with Crippen LogP contribution in [0.15, 0.2) is 23.4 Å². The summed E-state index contributed by atoms with van der Waals surface area (Å²) < 4.78 is 2.21. The molecule has 5 heteroatoms. The van der Waals surface area contributed by atoms with Crippen LogP contribution >= 0.6 is 11.8 Å². The lowest BCUT2D eigenvalue weighted by Gasteiger charge is -2.16. The van der Waals surface area contributed by atoms with Crippen molar-refractivity contribution in [1.29, 1.82) is 0 Å².